The molecule has 8 heteroatoms. The molecule has 0 unspecified atom stereocenters. The first-order chi connectivity index (χ1) is 14.4. The van der Waals surface area contributed by atoms with Crippen LogP contribution in [0.5, 0.6) is 11.5 Å². The number of ether oxygens (including phenoxy) is 3. The molecule has 0 aromatic heterocycles. The molecule has 1 N–H and O–H groups in total. The van der Waals surface area contributed by atoms with Gasteiger partial charge in [-0.05, 0) is 36.8 Å². The number of nitrogens with zero attached hydrogens (tertiary/aromatic N) is 1. The van der Waals surface area contributed by atoms with Crippen LogP contribution in [-0.2, 0) is 25.5 Å². The molecule has 0 spiro atoms. The molecule has 30 heavy (non-hydrogen) atoms. The highest BCUT2D eigenvalue weighted by Gasteiger charge is 2.17. The summed E-state index contributed by atoms with van der Waals surface area (Å²) in [6, 6.07) is 12.5. The lowest BCUT2D eigenvalue weighted by Crippen LogP contribution is -2.37. The zero-order chi connectivity index (χ0) is 21.5. The first kappa shape index (κ1) is 21.2. The molecule has 0 atom stereocenters. The highest BCUT2D eigenvalue weighted by Crippen LogP contribution is 2.30. The summed E-state index contributed by atoms with van der Waals surface area (Å²) in [5.41, 5.74) is 2.43. The lowest BCUT2D eigenvalue weighted by molar-refractivity contribution is -0.151. The van der Waals surface area contributed by atoms with Gasteiger partial charge in [0.15, 0.2) is 18.1 Å². The molecule has 2 aromatic rings. The zero-order valence-corrected chi connectivity index (χ0v) is 17.0. The Morgan fingerprint density at radius 1 is 1.03 bits per heavy atom. The van der Waals surface area contributed by atoms with E-state index in [9.17, 15) is 14.4 Å². The first-order valence-electron chi connectivity index (χ1n) is 9.55. The van der Waals surface area contributed by atoms with E-state index in [0.29, 0.717) is 36.0 Å². The van der Waals surface area contributed by atoms with Gasteiger partial charge in [0.25, 0.3) is 5.91 Å². The molecule has 0 bridgehead atoms. The van der Waals surface area contributed by atoms with Crippen molar-refractivity contribution in [3.63, 3.8) is 0 Å². The van der Waals surface area contributed by atoms with Crippen LogP contribution < -0.4 is 14.8 Å². The topological polar surface area (TPSA) is 94.2 Å². The van der Waals surface area contributed by atoms with Gasteiger partial charge >= 0.3 is 5.97 Å². The average Bonchev–Trinajstić information content (AvgIpc) is 2.73. The summed E-state index contributed by atoms with van der Waals surface area (Å²) in [6.45, 7) is 2.32. The largest absolute Gasteiger partial charge is 0.486 e. The number of aryl methyl sites for hydroxylation is 1. The summed E-state index contributed by atoms with van der Waals surface area (Å²) >= 11 is 0. The van der Waals surface area contributed by atoms with Gasteiger partial charge in [0, 0.05) is 12.7 Å². The predicted molar refractivity (Wildman–Crippen MR) is 110 cm³/mol. The first-order valence-corrected chi connectivity index (χ1v) is 9.55. The SMILES string of the molecule is Cc1ccc(NC(=O)CN(C)C(=O)COC(=O)Cc2ccc3c(c2)OCCO3)cc1. The Labute approximate surface area is 174 Å². The molecule has 1 aliphatic rings. The summed E-state index contributed by atoms with van der Waals surface area (Å²) in [7, 11) is 1.48. The third kappa shape index (κ3) is 5.97. The fourth-order valence-corrected chi connectivity index (χ4v) is 2.81. The Kier molecular flexibility index (Phi) is 6.90. The summed E-state index contributed by atoms with van der Waals surface area (Å²) in [5.74, 6) is -0.125. The number of carbonyl (C=O) groups excluding carboxylic acids is 3. The van der Waals surface area contributed by atoms with Gasteiger partial charge in [0.1, 0.15) is 13.2 Å². The molecule has 8 nitrogen and oxygen atoms in total. The number of nitrogens with one attached hydrogen (secondary N) is 1. The molecule has 1 aliphatic heterocycles. The van der Waals surface area contributed by atoms with E-state index in [1.54, 1.807) is 30.3 Å². The van der Waals surface area contributed by atoms with E-state index in [4.69, 9.17) is 14.2 Å². The van der Waals surface area contributed by atoms with Gasteiger partial charge in [-0.25, -0.2) is 0 Å². The number of amides is 2. The van der Waals surface area contributed by atoms with Crippen molar-refractivity contribution in [3.8, 4) is 11.5 Å². The van der Waals surface area contributed by atoms with E-state index in [-0.39, 0.29) is 18.9 Å². The standard InChI is InChI=1S/C22H24N2O6/c1-15-3-6-17(7-4-15)23-20(25)13-24(2)21(26)14-30-22(27)12-16-5-8-18-19(11-16)29-10-9-28-18/h3-8,11H,9-10,12-14H2,1-2H3,(H,23,25). The van der Waals surface area contributed by atoms with Crippen molar-refractivity contribution in [1.82, 2.24) is 4.90 Å². The summed E-state index contributed by atoms with van der Waals surface area (Å²) in [5, 5.41) is 2.71. The maximum Gasteiger partial charge on any atom is 0.310 e. The van der Waals surface area contributed by atoms with Crippen molar-refractivity contribution >= 4 is 23.5 Å². The van der Waals surface area contributed by atoms with Gasteiger partial charge in [0.2, 0.25) is 5.91 Å². The van der Waals surface area contributed by atoms with Gasteiger partial charge in [-0.3, -0.25) is 14.4 Å². The maximum atomic E-state index is 12.2. The minimum absolute atomic E-state index is 0.00153. The maximum absolute atomic E-state index is 12.2. The number of likely N-dealkylation sites (N-methyl/N-ethyl adjacent to an activating group) is 1. The van der Waals surface area contributed by atoms with Gasteiger partial charge in [0.05, 0.1) is 13.0 Å². The van der Waals surface area contributed by atoms with Gasteiger partial charge in [-0.1, -0.05) is 23.8 Å². The number of hydrogen-bond acceptors (Lipinski definition) is 6. The minimum atomic E-state index is -0.544. The monoisotopic (exact) mass is 412 g/mol. The molecular weight excluding hydrogens is 388 g/mol. The van der Waals surface area contributed by atoms with Crippen LogP contribution in [0, 0.1) is 6.92 Å². The molecule has 2 aromatic carbocycles. The Balaban J connectivity index is 1.42. The van der Waals surface area contributed by atoms with Crippen LogP contribution >= 0.6 is 0 Å². The Morgan fingerprint density at radius 3 is 2.47 bits per heavy atom. The lowest BCUT2D eigenvalue weighted by atomic mass is 10.1. The van der Waals surface area contributed by atoms with Crippen molar-refractivity contribution in [1.29, 1.82) is 0 Å². The summed E-state index contributed by atoms with van der Waals surface area (Å²) in [6.07, 6.45) is 0.00153. The molecule has 0 saturated carbocycles. The fraction of sp³-hybridized carbons (Fsp3) is 0.318. The number of rotatable bonds is 7. The number of carbonyl (C=O) groups is 3. The van der Waals surface area contributed by atoms with Crippen LogP contribution in [0.1, 0.15) is 11.1 Å². The van der Waals surface area contributed by atoms with Crippen molar-refractivity contribution < 1.29 is 28.6 Å². The van der Waals surface area contributed by atoms with E-state index < -0.39 is 18.5 Å². The van der Waals surface area contributed by atoms with Crippen LogP contribution in [0.3, 0.4) is 0 Å². The molecule has 0 radical (unpaired) electrons. The van der Waals surface area contributed by atoms with Crippen LogP contribution in [0.4, 0.5) is 5.69 Å². The van der Waals surface area contributed by atoms with Crippen molar-refractivity contribution in [2.75, 3.05) is 38.7 Å². The normalized spacial score (nSPS) is 12.1. The highest BCUT2D eigenvalue weighted by molar-refractivity contribution is 5.94. The van der Waals surface area contributed by atoms with Crippen molar-refractivity contribution in [3.05, 3.63) is 53.6 Å². The second kappa shape index (κ2) is 9.78. The summed E-state index contributed by atoms with van der Waals surface area (Å²) < 4.78 is 16.0. The average molecular weight is 412 g/mol. The molecule has 2 amide bonds. The van der Waals surface area contributed by atoms with Gasteiger partial charge < -0.3 is 24.4 Å². The highest BCUT2D eigenvalue weighted by atomic mass is 16.6. The molecule has 1 heterocycles. The van der Waals surface area contributed by atoms with Crippen molar-refractivity contribution in [2.45, 2.75) is 13.3 Å². The smallest absolute Gasteiger partial charge is 0.310 e. The predicted octanol–water partition coefficient (Wildman–Crippen LogP) is 1.95. The van der Waals surface area contributed by atoms with Gasteiger partial charge in [-0.15, -0.1) is 0 Å². The van der Waals surface area contributed by atoms with Crippen LogP contribution in [-0.4, -0.2) is 56.1 Å². The molecule has 0 fully saturated rings. The van der Waals surface area contributed by atoms with E-state index >= 15 is 0 Å². The molecule has 3 rings (SSSR count). The Hall–Kier alpha value is -3.55. The molecule has 0 saturated heterocycles. The number of hydrogen-bond donors (Lipinski definition) is 1. The van der Waals surface area contributed by atoms with E-state index in [2.05, 4.69) is 5.32 Å². The third-order valence-electron chi connectivity index (χ3n) is 4.45. The van der Waals surface area contributed by atoms with Crippen LogP contribution in [0.25, 0.3) is 0 Å². The fourth-order valence-electron chi connectivity index (χ4n) is 2.81. The van der Waals surface area contributed by atoms with E-state index in [0.717, 1.165) is 5.56 Å². The Bertz CT molecular complexity index is 926. The minimum Gasteiger partial charge on any atom is -0.486 e. The zero-order valence-electron chi connectivity index (χ0n) is 17.0. The van der Waals surface area contributed by atoms with E-state index in [1.165, 1.54) is 11.9 Å². The van der Waals surface area contributed by atoms with Crippen LogP contribution in [0.2, 0.25) is 0 Å². The second-order valence-electron chi connectivity index (χ2n) is 6.98. The Morgan fingerprint density at radius 2 is 1.73 bits per heavy atom. The number of anilines is 1. The quantitative estimate of drug-likeness (QED) is 0.699. The van der Waals surface area contributed by atoms with Crippen LogP contribution in [0.15, 0.2) is 42.5 Å². The molecular formula is C22H24N2O6. The number of esters is 1. The second-order valence-corrected chi connectivity index (χ2v) is 6.98. The number of fused-ring (bicyclic) bond motifs is 1. The molecule has 158 valence electrons. The summed E-state index contributed by atoms with van der Waals surface area (Å²) in [4.78, 5) is 37.5. The molecule has 0 aliphatic carbocycles. The van der Waals surface area contributed by atoms with E-state index in [1.807, 2.05) is 19.1 Å². The third-order valence-corrected chi connectivity index (χ3v) is 4.45. The lowest BCUT2D eigenvalue weighted by Gasteiger charge is -2.19. The van der Waals surface area contributed by atoms with Crippen molar-refractivity contribution in [2.24, 2.45) is 0 Å². The van der Waals surface area contributed by atoms with Gasteiger partial charge in [-0.2, -0.15) is 0 Å². The number of benzene rings is 2.